The second-order valence-electron chi connectivity index (χ2n) is 3.65. The summed E-state index contributed by atoms with van der Waals surface area (Å²) in [4.78, 5) is 11.4. The fourth-order valence-electron chi connectivity index (χ4n) is 1.34. The highest BCUT2D eigenvalue weighted by atomic mass is 35.5. The second-order valence-corrected chi connectivity index (χ2v) is 4.08. The van der Waals surface area contributed by atoms with Crippen LogP contribution in [0.15, 0.2) is 24.3 Å². The quantitative estimate of drug-likeness (QED) is 0.812. The molecule has 1 amide bonds. The van der Waals surface area contributed by atoms with E-state index in [0.29, 0.717) is 17.5 Å². The van der Waals surface area contributed by atoms with Gasteiger partial charge in [0.1, 0.15) is 0 Å². The molecule has 0 aromatic heterocycles. The average Bonchev–Trinajstić information content (AvgIpc) is 2.87. The Balaban J connectivity index is 1.92. The van der Waals surface area contributed by atoms with Crippen molar-refractivity contribution in [2.45, 2.75) is 25.3 Å². The van der Waals surface area contributed by atoms with Crippen molar-refractivity contribution in [3.05, 3.63) is 34.9 Å². The van der Waals surface area contributed by atoms with E-state index in [9.17, 15) is 4.79 Å². The van der Waals surface area contributed by atoms with Crippen LogP contribution in [0.1, 0.15) is 18.4 Å². The number of amides is 1. The van der Waals surface area contributed by atoms with Crippen LogP contribution in [0.3, 0.4) is 0 Å². The topological polar surface area (TPSA) is 29.1 Å². The van der Waals surface area contributed by atoms with Crippen LogP contribution in [0, 0.1) is 0 Å². The first-order chi connectivity index (χ1) is 6.74. The number of hydrogen-bond donors (Lipinski definition) is 1. The Bertz CT molecular complexity index is 347. The minimum atomic E-state index is 0.0924. The molecule has 0 atom stereocenters. The molecule has 0 heterocycles. The van der Waals surface area contributed by atoms with Crippen molar-refractivity contribution in [2.75, 3.05) is 0 Å². The maximum absolute atomic E-state index is 11.4. The number of benzene rings is 1. The van der Waals surface area contributed by atoms with Crippen molar-refractivity contribution >= 4 is 17.5 Å². The van der Waals surface area contributed by atoms with E-state index in [2.05, 4.69) is 5.32 Å². The van der Waals surface area contributed by atoms with Crippen LogP contribution in [0.5, 0.6) is 0 Å². The Morgan fingerprint density at radius 3 is 2.93 bits per heavy atom. The molecule has 2 rings (SSSR count). The molecule has 0 aliphatic heterocycles. The zero-order valence-electron chi connectivity index (χ0n) is 7.79. The summed E-state index contributed by atoms with van der Waals surface area (Å²) in [5, 5.41) is 3.62. The summed E-state index contributed by atoms with van der Waals surface area (Å²) in [6.07, 6.45) is 2.68. The van der Waals surface area contributed by atoms with Crippen LogP contribution in [-0.2, 0) is 11.2 Å². The van der Waals surface area contributed by atoms with Gasteiger partial charge in [0.2, 0.25) is 5.91 Å². The standard InChI is InChI=1S/C11H12ClNO/c12-9-3-1-2-8(6-9)7-11(14)13-10-4-5-10/h1-3,6,10H,4-5,7H2,(H,13,14). The van der Waals surface area contributed by atoms with Gasteiger partial charge >= 0.3 is 0 Å². The van der Waals surface area contributed by atoms with Gasteiger partial charge in [-0.05, 0) is 30.5 Å². The van der Waals surface area contributed by atoms with Crippen LogP contribution >= 0.6 is 11.6 Å². The highest BCUT2D eigenvalue weighted by molar-refractivity contribution is 6.30. The van der Waals surface area contributed by atoms with E-state index in [0.717, 1.165) is 18.4 Å². The summed E-state index contributed by atoms with van der Waals surface area (Å²) in [6.45, 7) is 0. The third-order valence-corrected chi connectivity index (χ3v) is 2.43. The van der Waals surface area contributed by atoms with Crippen LogP contribution < -0.4 is 5.32 Å². The van der Waals surface area contributed by atoms with E-state index in [1.54, 1.807) is 0 Å². The third kappa shape index (κ3) is 2.74. The van der Waals surface area contributed by atoms with E-state index in [-0.39, 0.29) is 5.91 Å². The molecule has 1 N–H and O–H groups in total. The van der Waals surface area contributed by atoms with Crippen molar-refractivity contribution in [1.29, 1.82) is 0 Å². The molecule has 14 heavy (non-hydrogen) atoms. The molecule has 1 fully saturated rings. The number of halogens is 1. The fourth-order valence-corrected chi connectivity index (χ4v) is 1.55. The predicted molar refractivity (Wildman–Crippen MR) is 56.3 cm³/mol. The minimum absolute atomic E-state index is 0.0924. The first-order valence-electron chi connectivity index (χ1n) is 4.78. The molecule has 2 nitrogen and oxygen atoms in total. The number of nitrogens with one attached hydrogen (secondary N) is 1. The van der Waals surface area contributed by atoms with Crippen molar-refractivity contribution in [2.24, 2.45) is 0 Å². The minimum Gasteiger partial charge on any atom is -0.353 e. The molecule has 0 radical (unpaired) electrons. The van der Waals surface area contributed by atoms with Gasteiger partial charge in [0, 0.05) is 11.1 Å². The Morgan fingerprint density at radius 2 is 2.29 bits per heavy atom. The zero-order valence-corrected chi connectivity index (χ0v) is 8.55. The number of carbonyl (C=O) groups excluding carboxylic acids is 1. The van der Waals surface area contributed by atoms with E-state index >= 15 is 0 Å². The Hall–Kier alpha value is -1.02. The number of hydrogen-bond acceptors (Lipinski definition) is 1. The van der Waals surface area contributed by atoms with Gasteiger partial charge in [0.25, 0.3) is 0 Å². The average molecular weight is 210 g/mol. The molecule has 0 spiro atoms. The molecule has 1 aliphatic rings. The van der Waals surface area contributed by atoms with Gasteiger partial charge in [-0.3, -0.25) is 4.79 Å². The van der Waals surface area contributed by atoms with E-state index in [1.807, 2.05) is 24.3 Å². The van der Waals surface area contributed by atoms with Gasteiger partial charge in [-0.1, -0.05) is 23.7 Å². The maximum atomic E-state index is 11.4. The smallest absolute Gasteiger partial charge is 0.224 e. The normalized spacial score (nSPS) is 15.2. The molecular weight excluding hydrogens is 198 g/mol. The molecular formula is C11H12ClNO. The van der Waals surface area contributed by atoms with Gasteiger partial charge in [-0.15, -0.1) is 0 Å². The molecule has 0 unspecified atom stereocenters. The summed E-state index contributed by atoms with van der Waals surface area (Å²) in [6, 6.07) is 7.85. The first kappa shape index (κ1) is 9.53. The van der Waals surface area contributed by atoms with Crippen molar-refractivity contribution < 1.29 is 4.79 Å². The molecule has 0 bridgehead atoms. The van der Waals surface area contributed by atoms with Gasteiger partial charge in [0.15, 0.2) is 0 Å². The Morgan fingerprint density at radius 1 is 1.50 bits per heavy atom. The maximum Gasteiger partial charge on any atom is 0.224 e. The highest BCUT2D eigenvalue weighted by Crippen LogP contribution is 2.19. The van der Waals surface area contributed by atoms with Gasteiger partial charge in [-0.2, -0.15) is 0 Å². The molecule has 0 saturated heterocycles. The van der Waals surface area contributed by atoms with Crippen molar-refractivity contribution in [1.82, 2.24) is 5.32 Å². The SMILES string of the molecule is O=C(Cc1cccc(Cl)c1)NC1CC1. The summed E-state index contributed by atoms with van der Waals surface area (Å²) < 4.78 is 0. The lowest BCUT2D eigenvalue weighted by molar-refractivity contribution is -0.120. The zero-order chi connectivity index (χ0) is 9.97. The second kappa shape index (κ2) is 4.01. The first-order valence-corrected chi connectivity index (χ1v) is 5.15. The fraction of sp³-hybridized carbons (Fsp3) is 0.364. The van der Waals surface area contributed by atoms with Crippen molar-refractivity contribution in [3.8, 4) is 0 Å². The van der Waals surface area contributed by atoms with Crippen LogP contribution in [0.25, 0.3) is 0 Å². The van der Waals surface area contributed by atoms with E-state index in [1.165, 1.54) is 0 Å². The Kier molecular flexibility index (Phi) is 2.73. The predicted octanol–water partition coefficient (Wildman–Crippen LogP) is 2.16. The summed E-state index contributed by atoms with van der Waals surface area (Å²) >= 11 is 5.81. The van der Waals surface area contributed by atoms with Crippen LogP contribution in [-0.4, -0.2) is 11.9 Å². The van der Waals surface area contributed by atoms with Crippen molar-refractivity contribution in [3.63, 3.8) is 0 Å². The van der Waals surface area contributed by atoms with Gasteiger partial charge in [0.05, 0.1) is 6.42 Å². The molecule has 1 aliphatic carbocycles. The lowest BCUT2D eigenvalue weighted by Crippen LogP contribution is -2.26. The largest absolute Gasteiger partial charge is 0.353 e. The Labute approximate surface area is 88.3 Å². The number of rotatable bonds is 3. The van der Waals surface area contributed by atoms with E-state index in [4.69, 9.17) is 11.6 Å². The molecule has 74 valence electrons. The van der Waals surface area contributed by atoms with Crippen LogP contribution in [0.2, 0.25) is 5.02 Å². The van der Waals surface area contributed by atoms with Gasteiger partial charge in [-0.25, -0.2) is 0 Å². The highest BCUT2D eigenvalue weighted by Gasteiger charge is 2.22. The summed E-state index contributed by atoms with van der Waals surface area (Å²) in [7, 11) is 0. The monoisotopic (exact) mass is 209 g/mol. The summed E-state index contributed by atoms with van der Waals surface area (Å²) in [5.41, 5.74) is 0.968. The lowest BCUT2D eigenvalue weighted by atomic mass is 10.1. The summed E-state index contributed by atoms with van der Waals surface area (Å²) in [5.74, 6) is 0.0924. The number of carbonyl (C=O) groups is 1. The molecule has 3 heteroatoms. The lowest BCUT2D eigenvalue weighted by Gasteiger charge is -2.03. The molecule has 1 aromatic carbocycles. The van der Waals surface area contributed by atoms with E-state index < -0.39 is 0 Å². The third-order valence-electron chi connectivity index (χ3n) is 2.20. The van der Waals surface area contributed by atoms with Gasteiger partial charge < -0.3 is 5.32 Å². The molecule has 1 saturated carbocycles. The van der Waals surface area contributed by atoms with Crippen LogP contribution in [0.4, 0.5) is 0 Å². The molecule has 1 aromatic rings.